The number of hydrogen-bond donors (Lipinski definition) is 0. The molecule has 5 heteroatoms. The van der Waals surface area contributed by atoms with E-state index in [1.807, 2.05) is 0 Å². The quantitative estimate of drug-likeness (QED) is 0.397. The number of aldehydes is 1. The van der Waals surface area contributed by atoms with Crippen molar-refractivity contribution in [3.05, 3.63) is 34.4 Å². The molecule has 1 aromatic rings. The highest BCUT2D eigenvalue weighted by molar-refractivity contribution is 5.51. The first kappa shape index (κ1) is 9.18. The molecule has 0 N–H and O–H groups in total. The minimum atomic E-state index is -0.520. The molecular formula is C8H7NO4. The number of hydrogen-bond acceptors (Lipinski definition) is 4. The lowest BCUT2D eigenvalue weighted by Crippen LogP contribution is -1.98. The van der Waals surface area contributed by atoms with E-state index in [-0.39, 0.29) is 12.3 Å². The van der Waals surface area contributed by atoms with Crippen LogP contribution in [0.4, 0.5) is 5.69 Å². The second-order valence-corrected chi connectivity index (χ2v) is 2.23. The minimum Gasteiger partial charge on any atom is -0.486 e. The molecule has 1 aromatic carbocycles. The summed E-state index contributed by atoms with van der Waals surface area (Å²) in [7, 11) is 0. The average Bonchev–Trinajstić information content (AvgIpc) is 2.15. The first-order chi connectivity index (χ1) is 6.24. The van der Waals surface area contributed by atoms with Crippen LogP contribution < -0.4 is 4.74 Å². The SMILES string of the molecule is O=CCOc1cccc([N+](=O)[O-])c1. The van der Waals surface area contributed by atoms with Crippen LogP contribution in [0.1, 0.15) is 0 Å². The number of ether oxygens (including phenoxy) is 1. The van der Waals surface area contributed by atoms with Gasteiger partial charge in [0, 0.05) is 6.07 Å². The molecule has 0 aliphatic rings. The van der Waals surface area contributed by atoms with Gasteiger partial charge >= 0.3 is 0 Å². The molecular weight excluding hydrogens is 174 g/mol. The summed E-state index contributed by atoms with van der Waals surface area (Å²) in [5.74, 6) is 0.321. The Hall–Kier alpha value is -1.91. The van der Waals surface area contributed by atoms with Gasteiger partial charge in [-0.15, -0.1) is 0 Å². The van der Waals surface area contributed by atoms with Gasteiger partial charge in [-0.05, 0) is 6.07 Å². The Labute approximate surface area is 74.1 Å². The Morgan fingerprint density at radius 2 is 2.31 bits per heavy atom. The van der Waals surface area contributed by atoms with E-state index < -0.39 is 4.92 Å². The zero-order valence-electron chi connectivity index (χ0n) is 6.67. The standard InChI is InChI=1S/C8H7NO4/c10-4-5-13-8-3-1-2-7(6-8)9(11)12/h1-4,6H,5H2. The number of nitro groups is 1. The van der Waals surface area contributed by atoms with Crippen molar-refractivity contribution in [1.82, 2.24) is 0 Å². The smallest absolute Gasteiger partial charge is 0.273 e. The molecule has 0 saturated carbocycles. The second kappa shape index (κ2) is 4.20. The molecule has 0 aliphatic heterocycles. The van der Waals surface area contributed by atoms with E-state index in [0.29, 0.717) is 12.0 Å². The molecule has 0 saturated heterocycles. The maximum atomic E-state index is 10.3. The van der Waals surface area contributed by atoms with Gasteiger partial charge in [0.25, 0.3) is 5.69 Å². The zero-order valence-corrected chi connectivity index (χ0v) is 6.67. The van der Waals surface area contributed by atoms with Crippen molar-refractivity contribution in [1.29, 1.82) is 0 Å². The third kappa shape index (κ3) is 2.55. The largest absolute Gasteiger partial charge is 0.486 e. The number of rotatable bonds is 4. The molecule has 0 unspecified atom stereocenters. The molecule has 5 nitrogen and oxygen atoms in total. The van der Waals surface area contributed by atoms with E-state index in [2.05, 4.69) is 0 Å². The molecule has 0 radical (unpaired) electrons. The van der Waals surface area contributed by atoms with E-state index >= 15 is 0 Å². The van der Waals surface area contributed by atoms with Crippen LogP contribution in [0.25, 0.3) is 0 Å². The first-order valence-corrected chi connectivity index (χ1v) is 3.55. The predicted octanol–water partition coefficient (Wildman–Crippen LogP) is 1.17. The van der Waals surface area contributed by atoms with Crippen molar-refractivity contribution >= 4 is 12.0 Å². The van der Waals surface area contributed by atoms with E-state index in [9.17, 15) is 14.9 Å². The molecule has 0 fully saturated rings. The molecule has 0 aromatic heterocycles. The number of nitro benzene ring substituents is 1. The Kier molecular flexibility index (Phi) is 2.97. The van der Waals surface area contributed by atoms with E-state index in [1.165, 1.54) is 18.2 Å². The summed E-state index contributed by atoms with van der Waals surface area (Å²) in [5, 5.41) is 10.3. The Bertz CT molecular complexity index is 324. The van der Waals surface area contributed by atoms with Crippen molar-refractivity contribution in [3.8, 4) is 5.75 Å². The lowest BCUT2D eigenvalue weighted by Gasteiger charge is -2.00. The van der Waals surface area contributed by atoms with Gasteiger partial charge in [-0.3, -0.25) is 14.9 Å². The zero-order chi connectivity index (χ0) is 9.68. The fraction of sp³-hybridized carbons (Fsp3) is 0.125. The predicted molar refractivity (Wildman–Crippen MR) is 44.7 cm³/mol. The van der Waals surface area contributed by atoms with Crippen LogP contribution in [0.3, 0.4) is 0 Å². The topological polar surface area (TPSA) is 69.4 Å². The fourth-order valence-electron chi connectivity index (χ4n) is 0.817. The maximum absolute atomic E-state index is 10.3. The van der Waals surface area contributed by atoms with Crippen molar-refractivity contribution in [2.75, 3.05) is 6.61 Å². The highest BCUT2D eigenvalue weighted by Gasteiger charge is 2.05. The lowest BCUT2D eigenvalue weighted by molar-refractivity contribution is -0.384. The van der Waals surface area contributed by atoms with Gasteiger partial charge in [0.1, 0.15) is 12.4 Å². The van der Waals surface area contributed by atoms with Crippen LogP contribution in [0, 0.1) is 10.1 Å². The Balaban J connectivity index is 2.79. The maximum Gasteiger partial charge on any atom is 0.273 e. The summed E-state index contributed by atoms with van der Waals surface area (Å²) in [4.78, 5) is 19.7. The fourth-order valence-corrected chi connectivity index (χ4v) is 0.817. The summed E-state index contributed by atoms with van der Waals surface area (Å²) in [6.45, 7) is -0.0961. The molecule has 0 atom stereocenters. The molecule has 1 rings (SSSR count). The summed E-state index contributed by atoms with van der Waals surface area (Å²) in [6.07, 6.45) is 0.582. The number of carbonyl (C=O) groups excluding carboxylic acids is 1. The second-order valence-electron chi connectivity index (χ2n) is 2.23. The van der Waals surface area contributed by atoms with E-state index in [1.54, 1.807) is 6.07 Å². The van der Waals surface area contributed by atoms with Crippen LogP contribution in [0.2, 0.25) is 0 Å². The van der Waals surface area contributed by atoms with Gasteiger partial charge in [0.15, 0.2) is 6.29 Å². The molecule has 0 heterocycles. The van der Waals surface area contributed by atoms with Crippen LogP contribution in [-0.2, 0) is 4.79 Å². The monoisotopic (exact) mass is 181 g/mol. The van der Waals surface area contributed by atoms with Crippen LogP contribution in [0.5, 0.6) is 5.75 Å². The Morgan fingerprint density at radius 3 is 2.92 bits per heavy atom. The molecule has 0 bridgehead atoms. The van der Waals surface area contributed by atoms with Crippen LogP contribution in [-0.4, -0.2) is 17.8 Å². The molecule has 68 valence electrons. The highest BCUT2D eigenvalue weighted by Crippen LogP contribution is 2.18. The van der Waals surface area contributed by atoms with Gasteiger partial charge in [-0.2, -0.15) is 0 Å². The van der Waals surface area contributed by atoms with Crippen molar-refractivity contribution < 1.29 is 14.5 Å². The molecule has 13 heavy (non-hydrogen) atoms. The summed E-state index contributed by atoms with van der Waals surface area (Å²) in [6, 6.07) is 5.67. The van der Waals surface area contributed by atoms with Gasteiger partial charge in [0.05, 0.1) is 11.0 Å². The van der Waals surface area contributed by atoms with Crippen molar-refractivity contribution in [3.63, 3.8) is 0 Å². The van der Waals surface area contributed by atoms with Crippen LogP contribution >= 0.6 is 0 Å². The van der Waals surface area contributed by atoms with Gasteiger partial charge in [-0.25, -0.2) is 0 Å². The number of benzene rings is 1. The first-order valence-electron chi connectivity index (χ1n) is 3.55. The molecule has 0 spiro atoms. The number of carbonyl (C=O) groups is 1. The third-order valence-electron chi connectivity index (χ3n) is 1.35. The summed E-state index contributed by atoms with van der Waals surface area (Å²) in [5.41, 5.74) is -0.0524. The number of nitrogens with zero attached hydrogens (tertiary/aromatic N) is 1. The number of non-ortho nitro benzene ring substituents is 1. The van der Waals surface area contributed by atoms with Gasteiger partial charge in [-0.1, -0.05) is 6.07 Å². The van der Waals surface area contributed by atoms with E-state index in [0.717, 1.165) is 0 Å². The van der Waals surface area contributed by atoms with Crippen molar-refractivity contribution in [2.45, 2.75) is 0 Å². The molecule has 0 amide bonds. The highest BCUT2D eigenvalue weighted by atomic mass is 16.6. The van der Waals surface area contributed by atoms with E-state index in [4.69, 9.17) is 4.74 Å². The third-order valence-corrected chi connectivity index (χ3v) is 1.35. The molecule has 0 aliphatic carbocycles. The summed E-state index contributed by atoms with van der Waals surface area (Å²) < 4.78 is 4.87. The average molecular weight is 181 g/mol. The lowest BCUT2D eigenvalue weighted by atomic mass is 10.3. The van der Waals surface area contributed by atoms with Gasteiger partial charge < -0.3 is 4.74 Å². The van der Waals surface area contributed by atoms with Crippen LogP contribution in [0.15, 0.2) is 24.3 Å². The Morgan fingerprint density at radius 1 is 1.54 bits per heavy atom. The normalized spacial score (nSPS) is 9.23. The van der Waals surface area contributed by atoms with Gasteiger partial charge in [0.2, 0.25) is 0 Å². The van der Waals surface area contributed by atoms with Crippen molar-refractivity contribution in [2.24, 2.45) is 0 Å². The summed E-state index contributed by atoms with van der Waals surface area (Å²) >= 11 is 0. The minimum absolute atomic E-state index is 0.0524.